The minimum atomic E-state index is -4.26. The molecule has 0 saturated carbocycles. The number of aliphatic hydroxyl groups is 1. The molecule has 0 amide bonds. The first-order valence-electron chi connectivity index (χ1n) is 15.5. The molecule has 0 bridgehead atoms. The van der Waals surface area contributed by atoms with Gasteiger partial charge in [-0.2, -0.15) is 0 Å². The van der Waals surface area contributed by atoms with Gasteiger partial charge in [0.2, 0.25) is 0 Å². The van der Waals surface area contributed by atoms with Crippen LogP contribution in [0.1, 0.15) is 96.8 Å². The summed E-state index contributed by atoms with van der Waals surface area (Å²) >= 11 is 0. The van der Waals surface area contributed by atoms with E-state index in [-0.39, 0.29) is 26.2 Å². The fourth-order valence-electron chi connectivity index (χ4n) is 3.57. The zero-order valence-electron chi connectivity index (χ0n) is 25.7. The third-order valence-corrected chi connectivity index (χ3v) is 6.82. The molecule has 0 aliphatic heterocycles. The summed E-state index contributed by atoms with van der Waals surface area (Å²) in [6.07, 6.45) is 39.0. The van der Waals surface area contributed by atoms with Crippen LogP contribution in [0.5, 0.6) is 0 Å². The van der Waals surface area contributed by atoms with E-state index in [0.29, 0.717) is 0 Å². The first-order valence-corrected chi connectivity index (χ1v) is 17.0. The van der Waals surface area contributed by atoms with E-state index in [0.717, 1.165) is 70.6 Å². The van der Waals surface area contributed by atoms with Crippen molar-refractivity contribution in [1.29, 1.82) is 0 Å². The maximum atomic E-state index is 11.8. The lowest BCUT2D eigenvalue weighted by molar-refractivity contribution is -0.147. The second-order valence-corrected chi connectivity index (χ2v) is 11.3. The van der Waals surface area contributed by atoms with Gasteiger partial charge in [-0.05, 0) is 57.8 Å². The lowest BCUT2D eigenvalue weighted by atomic mass is 10.1. The smallest absolute Gasteiger partial charge is 0.463 e. The molecule has 2 unspecified atom stereocenters. The van der Waals surface area contributed by atoms with Crippen molar-refractivity contribution in [3.63, 3.8) is 0 Å². The number of unbranched alkanes of at least 4 members (excludes halogenated alkanes) is 6. The number of hydrogen-bond acceptors (Lipinski definition) is 7. The molecule has 8 nitrogen and oxygen atoms in total. The molecule has 2 atom stereocenters. The van der Waals surface area contributed by atoms with Gasteiger partial charge in [-0.1, -0.05) is 106 Å². The minimum Gasteiger partial charge on any atom is -0.463 e. The topological polar surface area (TPSA) is 128 Å². The summed E-state index contributed by atoms with van der Waals surface area (Å²) in [5.41, 5.74) is 5.18. The molecule has 0 saturated heterocycles. The largest absolute Gasteiger partial charge is 0.472 e. The number of nitrogens with two attached hydrogens (primary N) is 1. The molecule has 0 fully saturated rings. The van der Waals surface area contributed by atoms with Gasteiger partial charge in [0, 0.05) is 13.0 Å². The van der Waals surface area contributed by atoms with Gasteiger partial charge in [0.05, 0.1) is 13.2 Å². The van der Waals surface area contributed by atoms with Crippen LogP contribution in [-0.4, -0.2) is 48.4 Å². The predicted molar refractivity (Wildman–Crippen MR) is 173 cm³/mol. The van der Waals surface area contributed by atoms with Crippen molar-refractivity contribution in [2.45, 2.75) is 103 Å². The summed E-state index contributed by atoms with van der Waals surface area (Å²) in [7, 11) is -4.26. The van der Waals surface area contributed by atoms with E-state index < -0.39 is 26.5 Å². The molecule has 0 spiro atoms. The standard InChI is InChI=1S/C33H56NO7P/c1-2-3-4-5-6-7-8-9-10-11-12-13-14-15-16-17-18-19-20-21-22-23-24-25-26-27-33(36)39-30-32(35)31-41-42(37,38)40-29-28-34/h3-4,6-7,9-10,12-13,15-16,18-19,32,35H,2,5,8,11,14,17,20-31,34H2,1H3,(H,37,38)/b4-3-,7-6-,10-9-,13-12-,16-15-,19-18-. The van der Waals surface area contributed by atoms with Crippen molar-refractivity contribution in [2.24, 2.45) is 5.73 Å². The van der Waals surface area contributed by atoms with Crippen LogP contribution < -0.4 is 5.73 Å². The van der Waals surface area contributed by atoms with Crippen molar-refractivity contribution in [1.82, 2.24) is 0 Å². The number of aliphatic hydroxyl groups excluding tert-OH is 1. The van der Waals surface area contributed by atoms with Crippen LogP contribution in [0.25, 0.3) is 0 Å². The third kappa shape index (κ3) is 30.9. The van der Waals surface area contributed by atoms with Crippen LogP contribution in [-0.2, 0) is 23.1 Å². The monoisotopic (exact) mass is 609 g/mol. The Hall–Kier alpha value is -2.06. The zero-order valence-corrected chi connectivity index (χ0v) is 26.6. The number of phosphoric acid groups is 1. The van der Waals surface area contributed by atoms with Crippen molar-refractivity contribution in [3.05, 3.63) is 72.9 Å². The molecule has 0 aromatic heterocycles. The van der Waals surface area contributed by atoms with E-state index in [2.05, 4.69) is 88.9 Å². The normalized spacial score (nSPS) is 14.9. The molecule has 42 heavy (non-hydrogen) atoms. The predicted octanol–water partition coefficient (Wildman–Crippen LogP) is 7.80. The molecule has 4 N–H and O–H groups in total. The van der Waals surface area contributed by atoms with Gasteiger partial charge in [-0.15, -0.1) is 0 Å². The fourth-order valence-corrected chi connectivity index (χ4v) is 4.34. The Morgan fingerprint density at radius 2 is 1.19 bits per heavy atom. The van der Waals surface area contributed by atoms with Crippen LogP contribution in [0.3, 0.4) is 0 Å². The average molecular weight is 610 g/mol. The zero-order chi connectivity index (χ0) is 31.0. The minimum absolute atomic E-state index is 0.0679. The number of esters is 1. The van der Waals surface area contributed by atoms with Crippen LogP contribution >= 0.6 is 7.82 Å². The average Bonchev–Trinajstić information content (AvgIpc) is 2.98. The van der Waals surface area contributed by atoms with Crippen LogP contribution in [0.4, 0.5) is 0 Å². The Bertz CT molecular complexity index is 864. The molecule has 0 aromatic carbocycles. The Balaban J connectivity index is 3.56. The van der Waals surface area contributed by atoms with E-state index in [4.69, 9.17) is 10.5 Å². The van der Waals surface area contributed by atoms with E-state index in [1.807, 2.05) is 0 Å². The highest BCUT2D eigenvalue weighted by molar-refractivity contribution is 7.47. The van der Waals surface area contributed by atoms with E-state index in [1.165, 1.54) is 12.8 Å². The molecular weight excluding hydrogens is 553 g/mol. The Morgan fingerprint density at radius 3 is 1.71 bits per heavy atom. The number of carbonyl (C=O) groups excluding carboxylic acids is 1. The number of phosphoric ester groups is 1. The molecular formula is C33H56NO7P. The summed E-state index contributed by atoms with van der Waals surface area (Å²) < 4.78 is 25.6. The summed E-state index contributed by atoms with van der Waals surface area (Å²) in [6, 6.07) is 0. The maximum absolute atomic E-state index is 11.8. The summed E-state index contributed by atoms with van der Waals surface area (Å²) in [5, 5.41) is 9.72. The van der Waals surface area contributed by atoms with Crippen LogP contribution in [0.15, 0.2) is 72.9 Å². The molecule has 240 valence electrons. The van der Waals surface area contributed by atoms with Crippen molar-refractivity contribution >= 4 is 13.8 Å². The quantitative estimate of drug-likeness (QED) is 0.0355. The SMILES string of the molecule is CC/C=C\C/C=C\C/C=C\C/C=C\C/C=C\C/C=C\CCCCCCCCC(=O)OCC(O)COP(=O)(O)OCCN. The Morgan fingerprint density at radius 1 is 0.714 bits per heavy atom. The lowest BCUT2D eigenvalue weighted by Crippen LogP contribution is -2.23. The van der Waals surface area contributed by atoms with Crippen molar-refractivity contribution in [3.8, 4) is 0 Å². The van der Waals surface area contributed by atoms with Gasteiger partial charge in [-0.3, -0.25) is 13.8 Å². The molecule has 0 aromatic rings. The van der Waals surface area contributed by atoms with Gasteiger partial charge in [0.1, 0.15) is 12.7 Å². The van der Waals surface area contributed by atoms with Crippen molar-refractivity contribution < 1.29 is 33.1 Å². The lowest BCUT2D eigenvalue weighted by Gasteiger charge is -2.15. The summed E-state index contributed by atoms with van der Waals surface area (Å²) in [6.45, 7) is 1.30. The van der Waals surface area contributed by atoms with E-state index >= 15 is 0 Å². The van der Waals surface area contributed by atoms with Crippen LogP contribution in [0.2, 0.25) is 0 Å². The van der Waals surface area contributed by atoms with E-state index in [9.17, 15) is 19.4 Å². The van der Waals surface area contributed by atoms with Gasteiger partial charge in [0.15, 0.2) is 0 Å². The van der Waals surface area contributed by atoms with Gasteiger partial charge < -0.3 is 20.5 Å². The van der Waals surface area contributed by atoms with Gasteiger partial charge in [0.25, 0.3) is 0 Å². The first-order chi connectivity index (χ1) is 20.4. The maximum Gasteiger partial charge on any atom is 0.472 e. The summed E-state index contributed by atoms with van der Waals surface area (Å²) in [4.78, 5) is 21.1. The number of carbonyl (C=O) groups is 1. The Kier molecular flexibility index (Phi) is 28.9. The first kappa shape index (κ1) is 39.9. The second-order valence-electron chi connectivity index (χ2n) is 9.80. The molecule has 9 heteroatoms. The highest BCUT2D eigenvalue weighted by Gasteiger charge is 2.22. The molecule has 0 radical (unpaired) electrons. The van der Waals surface area contributed by atoms with Crippen LogP contribution in [0, 0.1) is 0 Å². The molecule has 0 rings (SSSR count). The van der Waals surface area contributed by atoms with Crippen molar-refractivity contribution in [2.75, 3.05) is 26.4 Å². The third-order valence-electron chi connectivity index (χ3n) is 5.84. The molecule has 0 aliphatic carbocycles. The number of ether oxygens (including phenoxy) is 1. The molecule has 0 heterocycles. The second kappa shape index (κ2) is 30.4. The fraction of sp³-hybridized carbons (Fsp3) is 0.606. The summed E-state index contributed by atoms with van der Waals surface area (Å²) in [5.74, 6) is -0.404. The number of allylic oxidation sites excluding steroid dienone is 12. The van der Waals surface area contributed by atoms with Gasteiger partial charge in [-0.25, -0.2) is 4.57 Å². The highest BCUT2D eigenvalue weighted by atomic mass is 31.2. The number of hydrogen-bond donors (Lipinski definition) is 3. The van der Waals surface area contributed by atoms with E-state index in [1.54, 1.807) is 0 Å². The highest BCUT2D eigenvalue weighted by Crippen LogP contribution is 2.42. The Labute approximate surface area is 254 Å². The molecule has 0 aliphatic rings. The number of rotatable bonds is 28. The van der Waals surface area contributed by atoms with Gasteiger partial charge >= 0.3 is 13.8 Å².